The van der Waals surface area contributed by atoms with Crippen LogP contribution in [0.3, 0.4) is 0 Å². The van der Waals surface area contributed by atoms with E-state index in [1.165, 1.54) is 4.90 Å². The smallest absolute Gasteiger partial charge is 0.295 e. The van der Waals surface area contributed by atoms with E-state index < -0.39 is 6.04 Å². The Morgan fingerprint density at radius 2 is 1.97 bits per heavy atom. The molecule has 0 saturated heterocycles. The van der Waals surface area contributed by atoms with Crippen molar-refractivity contribution in [1.29, 1.82) is 0 Å². The van der Waals surface area contributed by atoms with Gasteiger partial charge in [0.1, 0.15) is 17.6 Å². The lowest BCUT2D eigenvalue weighted by molar-refractivity contribution is -0.132. The summed E-state index contributed by atoms with van der Waals surface area (Å²) in [6.45, 7) is 6.43. The number of carbonyl (C=O) groups is 2. The summed E-state index contributed by atoms with van der Waals surface area (Å²) in [5, 5.41) is 4.07. The highest BCUT2D eigenvalue weighted by Crippen LogP contribution is 2.48. The first-order valence-corrected chi connectivity index (χ1v) is 10.9. The second-order valence-electron chi connectivity index (χ2n) is 8.66. The van der Waals surface area contributed by atoms with Gasteiger partial charge in [-0.25, -0.2) is 0 Å². The number of benzene rings is 1. The molecule has 1 amide bonds. The van der Waals surface area contributed by atoms with E-state index in [0.717, 1.165) is 30.6 Å². The zero-order valence-corrected chi connectivity index (χ0v) is 18.0. The number of anilines is 1. The summed E-state index contributed by atoms with van der Waals surface area (Å²) >= 11 is 0. The Morgan fingerprint density at radius 1 is 1.19 bits per heavy atom. The lowest BCUT2D eigenvalue weighted by Gasteiger charge is -2.37. The molecule has 31 heavy (non-hydrogen) atoms. The van der Waals surface area contributed by atoms with Crippen molar-refractivity contribution in [2.75, 3.05) is 11.5 Å². The lowest BCUT2D eigenvalue weighted by Crippen LogP contribution is -2.41. The van der Waals surface area contributed by atoms with Gasteiger partial charge >= 0.3 is 0 Å². The predicted octanol–water partition coefficient (Wildman–Crippen LogP) is 4.13. The predicted molar refractivity (Wildman–Crippen MR) is 112 cm³/mol. The zero-order valence-electron chi connectivity index (χ0n) is 18.0. The quantitative estimate of drug-likeness (QED) is 0.737. The first-order chi connectivity index (χ1) is 15.0. The molecular weight excluding hydrogens is 396 g/mol. The van der Waals surface area contributed by atoms with E-state index in [9.17, 15) is 9.59 Å². The van der Waals surface area contributed by atoms with Crippen LogP contribution in [0.4, 0.5) is 5.82 Å². The molecule has 3 aliphatic rings. The summed E-state index contributed by atoms with van der Waals surface area (Å²) < 4.78 is 17.0. The molecule has 5 rings (SSSR count). The van der Waals surface area contributed by atoms with Gasteiger partial charge in [0.25, 0.3) is 5.91 Å². The van der Waals surface area contributed by atoms with Gasteiger partial charge in [0.15, 0.2) is 17.4 Å². The number of nitrogens with zero attached hydrogens (tertiary/aromatic N) is 2. The van der Waals surface area contributed by atoms with Crippen LogP contribution in [0.15, 0.2) is 46.2 Å². The SMILES string of the molecule is CCOc1ccc(C2C3=C(OC4CCC(C)CC4C3=O)C(=O)N2c2cc(C)on2)cc1. The number of carbonyl (C=O) groups excluding carboxylic acids is 2. The molecule has 1 aromatic heterocycles. The first-order valence-electron chi connectivity index (χ1n) is 10.9. The van der Waals surface area contributed by atoms with Gasteiger partial charge in [-0.3, -0.25) is 14.5 Å². The maximum Gasteiger partial charge on any atom is 0.295 e. The van der Waals surface area contributed by atoms with Crippen LogP contribution in [0.5, 0.6) is 5.75 Å². The number of Topliss-reactive ketones (excluding diaryl/α,β-unsaturated/α-hetero) is 1. The number of fused-ring (bicyclic) bond motifs is 1. The van der Waals surface area contributed by atoms with Crippen LogP contribution in [0.1, 0.15) is 50.5 Å². The van der Waals surface area contributed by atoms with Crippen LogP contribution in [-0.2, 0) is 14.3 Å². The first kappa shape index (κ1) is 19.8. The number of aryl methyl sites for hydroxylation is 1. The molecule has 0 radical (unpaired) electrons. The average molecular weight is 422 g/mol. The van der Waals surface area contributed by atoms with Crippen LogP contribution >= 0.6 is 0 Å². The fourth-order valence-electron chi connectivity index (χ4n) is 5.01. The van der Waals surface area contributed by atoms with Crippen molar-refractivity contribution in [2.24, 2.45) is 11.8 Å². The second-order valence-corrected chi connectivity index (χ2v) is 8.66. The Labute approximate surface area is 181 Å². The molecule has 0 spiro atoms. The highest BCUT2D eigenvalue weighted by molar-refractivity contribution is 6.17. The molecule has 7 heteroatoms. The number of amides is 1. The molecule has 1 aliphatic carbocycles. The number of hydrogen-bond acceptors (Lipinski definition) is 6. The van der Waals surface area contributed by atoms with Crippen molar-refractivity contribution in [1.82, 2.24) is 5.16 Å². The molecule has 0 bridgehead atoms. The summed E-state index contributed by atoms with van der Waals surface area (Å²) in [6.07, 6.45) is 2.34. The van der Waals surface area contributed by atoms with Gasteiger partial charge in [-0.1, -0.05) is 24.2 Å². The molecule has 1 aromatic carbocycles. The highest BCUT2D eigenvalue weighted by atomic mass is 16.5. The Hall–Kier alpha value is -3.09. The van der Waals surface area contributed by atoms with Crippen LogP contribution in [0.2, 0.25) is 0 Å². The van der Waals surface area contributed by atoms with Crippen molar-refractivity contribution in [3.05, 3.63) is 53.0 Å². The number of rotatable bonds is 4. The van der Waals surface area contributed by atoms with Crippen molar-refractivity contribution < 1.29 is 23.6 Å². The summed E-state index contributed by atoms with van der Waals surface area (Å²) in [4.78, 5) is 28.7. The summed E-state index contributed by atoms with van der Waals surface area (Å²) in [5.41, 5.74) is 1.24. The van der Waals surface area contributed by atoms with E-state index >= 15 is 0 Å². The van der Waals surface area contributed by atoms with E-state index in [2.05, 4.69) is 12.1 Å². The molecule has 2 aliphatic heterocycles. The maximum absolute atomic E-state index is 13.7. The molecule has 4 atom stereocenters. The maximum atomic E-state index is 13.7. The van der Waals surface area contributed by atoms with E-state index in [-0.39, 0.29) is 29.5 Å². The van der Waals surface area contributed by atoms with Gasteiger partial charge in [-0.05, 0) is 56.7 Å². The number of aromatic nitrogens is 1. The van der Waals surface area contributed by atoms with E-state index in [4.69, 9.17) is 14.0 Å². The Kier molecular flexibility index (Phi) is 4.84. The van der Waals surface area contributed by atoms with Crippen LogP contribution in [0.25, 0.3) is 0 Å². The molecule has 162 valence electrons. The third-order valence-corrected chi connectivity index (χ3v) is 6.48. The normalized spacial score (nSPS) is 27.8. The van der Waals surface area contributed by atoms with Gasteiger partial charge in [0, 0.05) is 6.07 Å². The highest BCUT2D eigenvalue weighted by Gasteiger charge is 2.53. The fourth-order valence-corrected chi connectivity index (χ4v) is 5.01. The van der Waals surface area contributed by atoms with Crippen molar-refractivity contribution in [2.45, 2.75) is 52.2 Å². The van der Waals surface area contributed by atoms with Crippen LogP contribution in [-0.4, -0.2) is 29.6 Å². The number of ketones is 1. The van der Waals surface area contributed by atoms with Crippen LogP contribution < -0.4 is 9.64 Å². The molecular formula is C24H26N2O5. The summed E-state index contributed by atoms with van der Waals surface area (Å²) in [5.74, 6) is 1.81. The molecule has 7 nitrogen and oxygen atoms in total. The minimum atomic E-state index is -0.603. The molecule has 1 fully saturated rings. The monoisotopic (exact) mass is 422 g/mol. The zero-order chi connectivity index (χ0) is 21.7. The van der Waals surface area contributed by atoms with Crippen LogP contribution in [0, 0.1) is 18.8 Å². The minimum absolute atomic E-state index is 0.0211. The third-order valence-electron chi connectivity index (χ3n) is 6.48. The van der Waals surface area contributed by atoms with Crippen molar-refractivity contribution in [3.8, 4) is 5.75 Å². The second kappa shape index (κ2) is 7.55. The van der Waals surface area contributed by atoms with Gasteiger partial charge in [-0.2, -0.15) is 0 Å². The van der Waals surface area contributed by atoms with Gasteiger partial charge in [0.05, 0.1) is 24.1 Å². The lowest BCUT2D eigenvalue weighted by atomic mass is 9.74. The molecule has 2 aromatic rings. The molecule has 1 saturated carbocycles. The van der Waals surface area contributed by atoms with E-state index in [1.54, 1.807) is 13.0 Å². The van der Waals surface area contributed by atoms with Gasteiger partial charge in [0.2, 0.25) is 0 Å². The van der Waals surface area contributed by atoms with E-state index in [0.29, 0.717) is 29.7 Å². The minimum Gasteiger partial charge on any atom is -0.494 e. The van der Waals surface area contributed by atoms with Gasteiger partial charge < -0.3 is 14.0 Å². The molecule has 0 N–H and O–H groups in total. The Balaban J connectivity index is 1.60. The molecule has 4 unspecified atom stereocenters. The van der Waals surface area contributed by atoms with Crippen molar-refractivity contribution in [3.63, 3.8) is 0 Å². The summed E-state index contributed by atoms with van der Waals surface area (Å²) in [7, 11) is 0. The van der Waals surface area contributed by atoms with Crippen molar-refractivity contribution >= 4 is 17.5 Å². The Morgan fingerprint density at radius 3 is 2.65 bits per heavy atom. The fraction of sp³-hybridized carbons (Fsp3) is 0.458. The summed E-state index contributed by atoms with van der Waals surface area (Å²) in [6, 6.07) is 8.59. The number of hydrogen-bond donors (Lipinski definition) is 0. The average Bonchev–Trinajstić information content (AvgIpc) is 3.31. The largest absolute Gasteiger partial charge is 0.494 e. The standard InChI is InChI=1S/C24H26N2O5/c1-4-29-16-8-6-15(7-9-16)21-20-22(27)17-11-13(2)5-10-18(17)30-23(20)24(28)26(21)19-12-14(3)31-25-19/h6-9,12-13,17-18,21H,4-5,10-11H2,1-3H3. The number of ether oxygens (including phenoxy) is 2. The molecule has 3 heterocycles. The van der Waals surface area contributed by atoms with Gasteiger partial charge in [-0.15, -0.1) is 0 Å². The Bertz CT molecular complexity index is 1050. The topological polar surface area (TPSA) is 81.9 Å². The van der Waals surface area contributed by atoms with E-state index in [1.807, 2.05) is 31.2 Å². The third kappa shape index (κ3) is 3.23.